The SMILES string of the molecule is CCCCCCCCCCCCCCCCCCCCCCCC(=O)O.CCCCCCCCCCCCCCCCCCCCCCCC(=O)O.CCCCCCCCCCCCCCCCCCCCCCCCC(=O)O. The number of hydrogen-bond donors (Lipinski definition) is 3. The largest absolute Gasteiger partial charge is 0.481 e. The molecule has 0 saturated heterocycles. The Hall–Kier alpha value is -1.59. The summed E-state index contributed by atoms with van der Waals surface area (Å²) in [5, 5.41) is 25.7. The number of carboxylic acid groups (broad SMARTS) is 3. The fourth-order valence-corrected chi connectivity index (χ4v) is 11.3. The molecule has 6 heteroatoms. The van der Waals surface area contributed by atoms with Gasteiger partial charge in [-0.1, -0.05) is 412 Å². The van der Waals surface area contributed by atoms with E-state index in [1.165, 1.54) is 372 Å². The lowest BCUT2D eigenvalue weighted by Gasteiger charge is -2.04. The number of unbranched alkanes of at least 4 members (excludes halogenated alkanes) is 61. The quantitative estimate of drug-likeness (QED) is 0.0523. The molecular weight excluding hydrogens is 973 g/mol. The fourth-order valence-electron chi connectivity index (χ4n) is 11.3. The molecule has 0 aromatic carbocycles. The van der Waals surface area contributed by atoms with Crippen molar-refractivity contribution in [2.75, 3.05) is 0 Å². The molecule has 0 aromatic rings. The molecule has 0 aromatic heterocycles. The number of carbonyl (C=O) groups is 3. The molecule has 3 N–H and O–H groups in total. The molecule has 0 amide bonds. The molecule has 0 saturated carbocycles. The molecule has 79 heavy (non-hydrogen) atoms. The van der Waals surface area contributed by atoms with Crippen LogP contribution in [0, 0.1) is 0 Å². The maximum atomic E-state index is 10.4. The van der Waals surface area contributed by atoms with Crippen molar-refractivity contribution in [1.82, 2.24) is 0 Å². The van der Waals surface area contributed by atoms with Gasteiger partial charge in [-0.05, 0) is 19.3 Å². The summed E-state index contributed by atoms with van der Waals surface area (Å²) in [6.07, 6.45) is 88.7. The van der Waals surface area contributed by atoms with Crippen LogP contribution in [0.5, 0.6) is 0 Å². The molecule has 0 heterocycles. The highest BCUT2D eigenvalue weighted by Crippen LogP contribution is 2.19. The van der Waals surface area contributed by atoms with Gasteiger partial charge >= 0.3 is 17.9 Å². The van der Waals surface area contributed by atoms with Crippen LogP contribution < -0.4 is 0 Å². The van der Waals surface area contributed by atoms with Crippen molar-refractivity contribution in [3.8, 4) is 0 Å². The summed E-state index contributed by atoms with van der Waals surface area (Å²) in [5.74, 6) is -1.95. The summed E-state index contributed by atoms with van der Waals surface area (Å²) in [7, 11) is 0. The third-order valence-corrected chi connectivity index (χ3v) is 16.7. The highest BCUT2D eigenvalue weighted by molar-refractivity contribution is 5.67. The van der Waals surface area contributed by atoms with Gasteiger partial charge in [0.1, 0.15) is 0 Å². The van der Waals surface area contributed by atoms with E-state index in [0.717, 1.165) is 38.5 Å². The monoisotopic (exact) mass is 1120 g/mol. The van der Waals surface area contributed by atoms with Crippen molar-refractivity contribution < 1.29 is 29.7 Å². The molecule has 0 fully saturated rings. The normalized spacial score (nSPS) is 11.1. The second kappa shape index (κ2) is 78.5. The first-order valence-electron chi connectivity index (χ1n) is 36.5. The molecule has 0 aliphatic carbocycles. The van der Waals surface area contributed by atoms with E-state index < -0.39 is 17.9 Å². The van der Waals surface area contributed by atoms with Gasteiger partial charge in [0.2, 0.25) is 0 Å². The van der Waals surface area contributed by atoms with Crippen LogP contribution in [0.3, 0.4) is 0 Å². The first-order valence-corrected chi connectivity index (χ1v) is 36.5. The Morgan fingerprint density at radius 2 is 0.228 bits per heavy atom. The number of carboxylic acids is 3. The third-order valence-electron chi connectivity index (χ3n) is 16.7. The van der Waals surface area contributed by atoms with Crippen LogP contribution in [-0.2, 0) is 14.4 Å². The standard InChI is InChI=1S/C25H50O2.2C24H48O2/c1-2-3-4-5-6-7-8-9-10-11-12-13-14-15-16-17-18-19-20-21-22-23-24-25(26)27;2*1-2-3-4-5-6-7-8-9-10-11-12-13-14-15-16-17-18-19-20-21-22-23-24(25)26/h2-24H2,1H3,(H,26,27);2*2-23H2,1H3,(H,25,26). The molecular formula is C73H146O6. The molecule has 474 valence electrons. The summed E-state index contributed by atoms with van der Waals surface area (Å²) in [6.45, 7) is 6.86. The molecule has 0 unspecified atom stereocenters. The van der Waals surface area contributed by atoms with Crippen LogP contribution in [0.15, 0.2) is 0 Å². The van der Waals surface area contributed by atoms with E-state index >= 15 is 0 Å². The van der Waals surface area contributed by atoms with E-state index in [2.05, 4.69) is 20.8 Å². The molecule has 0 spiro atoms. The molecule has 0 radical (unpaired) electrons. The molecule has 0 aliphatic rings. The van der Waals surface area contributed by atoms with Crippen molar-refractivity contribution in [2.45, 2.75) is 451 Å². The Morgan fingerprint density at radius 3 is 0.304 bits per heavy atom. The summed E-state index contributed by atoms with van der Waals surface area (Å²) >= 11 is 0. The number of aliphatic carboxylic acids is 3. The van der Waals surface area contributed by atoms with E-state index in [0.29, 0.717) is 19.3 Å². The highest BCUT2D eigenvalue weighted by atomic mass is 16.4. The van der Waals surface area contributed by atoms with Gasteiger partial charge in [-0.3, -0.25) is 14.4 Å². The summed E-state index contributed by atoms with van der Waals surface area (Å²) in [4.78, 5) is 31.2. The van der Waals surface area contributed by atoms with Crippen LogP contribution >= 0.6 is 0 Å². The predicted molar refractivity (Wildman–Crippen MR) is 349 cm³/mol. The van der Waals surface area contributed by atoms with Gasteiger partial charge in [-0.15, -0.1) is 0 Å². The minimum Gasteiger partial charge on any atom is -0.481 e. The lowest BCUT2D eigenvalue weighted by Crippen LogP contribution is -1.93. The van der Waals surface area contributed by atoms with Crippen molar-refractivity contribution in [2.24, 2.45) is 0 Å². The molecule has 6 nitrogen and oxygen atoms in total. The molecule has 0 atom stereocenters. The van der Waals surface area contributed by atoms with E-state index in [4.69, 9.17) is 15.3 Å². The topological polar surface area (TPSA) is 112 Å². The molecule has 0 bridgehead atoms. The zero-order valence-corrected chi connectivity index (χ0v) is 54.4. The van der Waals surface area contributed by atoms with Gasteiger partial charge in [0, 0.05) is 19.3 Å². The zero-order valence-electron chi connectivity index (χ0n) is 54.4. The average molecular weight is 1120 g/mol. The summed E-state index contributed by atoms with van der Waals surface area (Å²) in [6, 6.07) is 0. The molecule has 0 rings (SSSR count). The van der Waals surface area contributed by atoms with Crippen LogP contribution in [0.2, 0.25) is 0 Å². The van der Waals surface area contributed by atoms with Gasteiger partial charge in [0.15, 0.2) is 0 Å². The van der Waals surface area contributed by atoms with Crippen LogP contribution in [0.1, 0.15) is 451 Å². The lowest BCUT2D eigenvalue weighted by molar-refractivity contribution is -0.138. The van der Waals surface area contributed by atoms with E-state index in [9.17, 15) is 14.4 Å². The van der Waals surface area contributed by atoms with Crippen molar-refractivity contribution in [1.29, 1.82) is 0 Å². The van der Waals surface area contributed by atoms with Gasteiger partial charge < -0.3 is 15.3 Å². The first-order chi connectivity index (χ1) is 38.8. The average Bonchev–Trinajstić information content (AvgIpc) is 3.43. The fraction of sp³-hybridized carbons (Fsp3) is 0.959. The van der Waals surface area contributed by atoms with Crippen LogP contribution in [0.4, 0.5) is 0 Å². The third kappa shape index (κ3) is 90.4. The van der Waals surface area contributed by atoms with E-state index in [1.807, 2.05) is 0 Å². The van der Waals surface area contributed by atoms with Gasteiger partial charge in [0.25, 0.3) is 0 Å². The second-order valence-corrected chi connectivity index (χ2v) is 25.0. The van der Waals surface area contributed by atoms with Crippen molar-refractivity contribution in [3.05, 3.63) is 0 Å². The van der Waals surface area contributed by atoms with E-state index in [1.54, 1.807) is 0 Å². The Morgan fingerprint density at radius 1 is 0.152 bits per heavy atom. The first kappa shape index (κ1) is 81.6. The Bertz CT molecular complexity index is 1050. The van der Waals surface area contributed by atoms with Gasteiger partial charge in [-0.25, -0.2) is 0 Å². The lowest BCUT2D eigenvalue weighted by atomic mass is 10.0. The van der Waals surface area contributed by atoms with Gasteiger partial charge in [0.05, 0.1) is 0 Å². The Balaban J connectivity index is -0.00000110. The van der Waals surface area contributed by atoms with Crippen molar-refractivity contribution in [3.63, 3.8) is 0 Å². The van der Waals surface area contributed by atoms with Crippen LogP contribution in [-0.4, -0.2) is 33.2 Å². The number of rotatable bonds is 67. The minimum absolute atomic E-state index is 0.346. The second-order valence-electron chi connectivity index (χ2n) is 25.0. The summed E-state index contributed by atoms with van der Waals surface area (Å²) in [5.41, 5.74) is 0. The minimum atomic E-state index is -0.650. The molecule has 0 aliphatic heterocycles. The highest BCUT2D eigenvalue weighted by Gasteiger charge is 2.02. The summed E-state index contributed by atoms with van der Waals surface area (Å²) < 4.78 is 0. The van der Waals surface area contributed by atoms with E-state index in [-0.39, 0.29) is 0 Å². The Labute approximate surface area is 496 Å². The smallest absolute Gasteiger partial charge is 0.303 e. The maximum absolute atomic E-state index is 10.4. The van der Waals surface area contributed by atoms with Crippen LogP contribution in [0.25, 0.3) is 0 Å². The van der Waals surface area contributed by atoms with Crippen molar-refractivity contribution >= 4 is 17.9 Å². The predicted octanol–water partition coefficient (Wildman–Crippen LogP) is 26.4. The zero-order chi connectivity index (χ0) is 58.1. The number of hydrogen-bond acceptors (Lipinski definition) is 3. The Kier molecular flexibility index (Phi) is 81.1. The maximum Gasteiger partial charge on any atom is 0.303 e. The van der Waals surface area contributed by atoms with Gasteiger partial charge in [-0.2, -0.15) is 0 Å².